The van der Waals surface area contributed by atoms with Crippen molar-refractivity contribution >= 4 is 11.6 Å². The van der Waals surface area contributed by atoms with Crippen molar-refractivity contribution in [3.05, 3.63) is 172 Å². The van der Waals surface area contributed by atoms with E-state index in [1.165, 1.54) is 0 Å². The molecule has 0 radical (unpaired) electrons. The standard InChI is InChI=1S/C42H41ClO6/c1-2-44-35-21-18-29(19-22-35)24-34-25-33(20-23-36(34)43)38-40(45-26-30-12-6-3-7-13-30)41(46-27-31-14-8-4-9-15-31)39-37(48-38)28-47-42(49-39)32-16-10-5-11-17-32/h3-23,25,37-42H,2,24,26-28H2,1H3. The van der Waals surface area contributed by atoms with Crippen molar-refractivity contribution in [2.75, 3.05) is 13.2 Å². The number of ether oxygens (including phenoxy) is 6. The number of benzene rings is 5. The second-order valence-corrected chi connectivity index (χ2v) is 12.8. The Balaban J connectivity index is 1.22. The van der Waals surface area contributed by atoms with Gasteiger partial charge in [0.15, 0.2) is 6.29 Å². The van der Waals surface area contributed by atoms with E-state index in [-0.39, 0.29) is 6.10 Å². The van der Waals surface area contributed by atoms with Gasteiger partial charge in [0.05, 0.1) is 26.4 Å². The Morgan fingerprint density at radius 3 is 1.94 bits per heavy atom. The third-order valence-corrected chi connectivity index (χ3v) is 9.36. The molecule has 2 saturated heterocycles. The van der Waals surface area contributed by atoms with E-state index in [1.54, 1.807) is 0 Å². The summed E-state index contributed by atoms with van der Waals surface area (Å²) in [4.78, 5) is 0. The molecule has 2 fully saturated rings. The van der Waals surface area contributed by atoms with E-state index in [2.05, 4.69) is 42.5 Å². The maximum absolute atomic E-state index is 6.92. The van der Waals surface area contributed by atoms with Gasteiger partial charge in [0.1, 0.15) is 36.3 Å². The molecule has 2 heterocycles. The smallest absolute Gasteiger partial charge is 0.184 e. The predicted molar refractivity (Wildman–Crippen MR) is 190 cm³/mol. The predicted octanol–water partition coefficient (Wildman–Crippen LogP) is 9.05. The average Bonchev–Trinajstić information content (AvgIpc) is 3.15. The van der Waals surface area contributed by atoms with E-state index in [4.69, 9.17) is 40.0 Å². The molecule has 0 amide bonds. The molecule has 6 atom stereocenters. The van der Waals surface area contributed by atoms with Gasteiger partial charge in [0.2, 0.25) is 0 Å². The Labute approximate surface area is 293 Å². The quantitative estimate of drug-likeness (QED) is 0.131. The molecule has 0 bridgehead atoms. The van der Waals surface area contributed by atoms with Crippen LogP contribution in [-0.2, 0) is 43.3 Å². The van der Waals surface area contributed by atoms with Gasteiger partial charge in [0.25, 0.3) is 0 Å². The second-order valence-electron chi connectivity index (χ2n) is 12.4. The molecule has 2 aliphatic heterocycles. The summed E-state index contributed by atoms with van der Waals surface area (Å²) in [6.45, 7) is 3.75. The third-order valence-electron chi connectivity index (χ3n) is 9.00. The van der Waals surface area contributed by atoms with Crippen molar-refractivity contribution in [2.45, 2.75) is 63.4 Å². The normalized spacial score (nSPS) is 23.5. The van der Waals surface area contributed by atoms with Crippen LogP contribution in [0.4, 0.5) is 0 Å². The number of hydrogen-bond acceptors (Lipinski definition) is 6. The molecule has 0 saturated carbocycles. The summed E-state index contributed by atoms with van der Waals surface area (Å²) in [5, 5.41) is 0.694. The van der Waals surface area contributed by atoms with E-state index in [1.807, 2.05) is 97.9 Å². The molecule has 7 rings (SSSR count). The van der Waals surface area contributed by atoms with Crippen LogP contribution < -0.4 is 4.74 Å². The Kier molecular flexibility index (Phi) is 11.0. The van der Waals surface area contributed by atoms with Crippen LogP contribution in [0.5, 0.6) is 5.75 Å². The van der Waals surface area contributed by atoms with E-state index >= 15 is 0 Å². The Bertz CT molecular complexity index is 1750. The van der Waals surface area contributed by atoms with Gasteiger partial charge in [-0.2, -0.15) is 0 Å². The topological polar surface area (TPSA) is 55.4 Å². The molecular weight excluding hydrogens is 636 g/mol. The van der Waals surface area contributed by atoms with Gasteiger partial charge in [-0.25, -0.2) is 0 Å². The molecule has 0 aliphatic carbocycles. The lowest BCUT2D eigenvalue weighted by Gasteiger charge is -2.49. The van der Waals surface area contributed by atoms with Gasteiger partial charge in [-0.05, 0) is 59.4 Å². The Morgan fingerprint density at radius 1 is 0.653 bits per heavy atom. The Morgan fingerprint density at radius 2 is 1.29 bits per heavy atom. The highest BCUT2D eigenvalue weighted by Crippen LogP contribution is 2.43. The minimum atomic E-state index is -0.545. The highest BCUT2D eigenvalue weighted by Gasteiger charge is 2.51. The first-order chi connectivity index (χ1) is 24.1. The lowest BCUT2D eigenvalue weighted by Crippen LogP contribution is -2.60. The minimum absolute atomic E-state index is 0.351. The molecule has 49 heavy (non-hydrogen) atoms. The van der Waals surface area contributed by atoms with Crippen LogP contribution in [0.2, 0.25) is 5.02 Å². The fourth-order valence-corrected chi connectivity index (χ4v) is 6.72. The summed E-state index contributed by atoms with van der Waals surface area (Å²) in [7, 11) is 0. The lowest BCUT2D eigenvalue weighted by atomic mass is 9.89. The molecule has 252 valence electrons. The van der Waals surface area contributed by atoms with Crippen LogP contribution in [0, 0.1) is 0 Å². The molecule has 0 spiro atoms. The first kappa shape index (κ1) is 33.5. The molecular formula is C42H41ClO6. The second kappa shape index (κ2) is 16.1. The monoisotopic (exact) mass is 676 g/mol. The van der Waals surface area contributed by atoms with Crippen LogP contribution in [0.1, 0.15) is 52.7 Å². The van der Waals surface area contributed by atoms with E-state index < -0.39 is 30.7 Å². The molecule has 0 aromatic heterocycles. The van der Waals surface area contributed by atoms with Crippen LogP contribution in [0.25, 0.3) is 0 Å². The van der Waals surface area contributed by atoms with Gasteiger partial charge < -0.3 is 28.4 Å². The zero-order valence-electron chi connectivity index (χ0n) is 27.5. The first-order valence-corrected chi connectivity index (χ1v) is 17.3. The minimum Gasteiger partial charge on any atom is -0.494 e. The van der Waals surface area contributed by atoms with Crippen molar-refractivity contribution in [1.29, 1.82) is 0 Å². The largest absolute Gasteiger partial charge is 0.494 e. The van der Waals surface area contributed by atoms with Gasteiger partial charge in [-0.3, -0.25) is 0 Å². The maximum Gasteiger partial charge on any atom is 0.184 e. The van der Waals surface area contributed by atoms with Gasteiger partial charge in [-0.1, -0.05) is 127 Å². The summed E-state index contributed by atoms with van der Waals surface area (Å²) in [5.74, 6) is 0.850. The highest BCUT2D eigenvalue weighted by atomic mass is 35.5. The van der Waals surface area contributed by atoms with E-state index in [0.717, 1.165) is 39.1 Å². The molecule has 6 nitrogen and oxygen atoms in total. The van der Waals surface area contributed by atoms with Crippen LogP contribution >= 0.6 is 11.6 Å². The maximum atomic E-state index is 6.92. The zero-order valence-corrected chi connectivity index (χ0v) is 28.3. The summed E-state index contributed by atoms with van der Waals surface area (Å²) in [6, 6.07) is 44.6. The molecule has 5 aromatic rings. The first-order valence-electron chi connectivity index (χ1n) is 16.9. The van der Waals surface area contributed by atoms with E-state index in [0.29, 0.717) is 37.9 Å². The fourth-order valence-electron chi connectivity index (χ4n) is 6.53. The SMILES string of the molecule is CCOc1ccc(Cc2cc(C3OC4COC(c5ccccc5)OC4C(OCc4ccccc4)C3OCc3ccccc3)ccc2Cl)cc1. The van der Waals surface area contributed by atoms with E-state index in [9.17, 15) is 0 Å². The van der Waals surface area contributed by atoms with Crippen molar-refractivity contribution < 1.29 is 28.4 Å². The summed E-state index contributed by atoms with van der Waals surface area (Å²) in [5.41, 5.74) is 6.17. The average molecular weight is 677 g/mol. The highest BCUT2D eigenvalue weighted by molar-refractivity contribution is 6.31. The van der Waals surface area contributed by atoms with Gasteiger partial charge in [-0.15, -0.1) is 0 Å². The summed E-state index contributed by atoms with van der Waals surface area (Å²) >= 11 is 6.81. The molecule has 7 heteroatoms. The number of rotatable bonds is 12. The number of hydrogen-bond donors (Lipinski definition) is 0. The Hall–Kier alpha value is -4.01. The van der Waals surface area contributed by atoms with Crippen LogP contribution in [0.15, 0.2) is 133 Å². The van der Waals surface area contributed by atoms with Gasteiger partial charge in [0, 0.05) is 10.6 Å². The molecule has 0 N–H and O–H groups in total. The van der Waals surface area contributed by atoms with Crippen molar-refractivity contribution in [3.63, 3.8) is 0 Å². The third kappa shape index (κ3) is 8.25. The fraction of sp³-hybridized carbons (Fsp3) is 0.286. The molecule has 5 aromatic carbocycles. The number of fused-ring (bicyclic) bond motifs is 1. The molecule has 6 unspecified atom stereocenters. The van der Waals surface area contributed by atoms with Crippen LogP contribution in [-0.4, -0.2) is 37.6 Å². The zero-order chi connectivity index (χ0) is 33.4. The summed E-state index contributed by atoms with van der Waals surface area (Å²) < 4.78 is 39.2. The van der Waals surface area contributed by atoms with Crippen molar-refractivity contribution in [1.82, 2.24) is 0 Å². The van der Waals surface area contributed by atoms with Crippen LogP contribution in [0.3, 0.4) is 0 Å². The molecule has 2 aliphatic rings. The van der Waals surface area contributed by atoms with Crippen molar-refractivity contribution in [3.8, 4) is 5.75 Å². The van der Waals surface area contributed by atoms with Crippen molar-refractivity contribution in [2.24, 2.45) is 0 Å². The lowest BCUT2D eigenvalue weighted by molar-refractivity contribution is -0.341. The van der Waals surface area contributed by atoms with Gasteiger partial charge >= 0.3 is 0 Å². The summed E-state index contributed by atoms with van der Waals surface area (Å²) in [6.07, 6.45) is -2.14. The number of halogens is 1.